The highest BCUT2D eigenvalue weighted by molar-refractivity contribution is 6.40. The van der Waals surface area contributed by atoms with Crippen molar-refractivity contribution >= 4 is 23.4 Å². The second-order valence-corrected chi connectivity index (χ2v) is 5.69. The minimum atomic E-state index is -0.798. The van der Waals surface area contributed by atoms with Crippen molar-refractivity contribution in [1.82, 2.24) is 15.5 Å². The van der Waals surface area contributed by atoms with E-state index in [9.17, 15) is 14.4 Å². The second kappa shape index (κ2) is 8.89. The van der Waals surface area contributed by atoms with E-state index in [-0.39, 0.29) is 11.9 Å². The van der Waals surface area contributed by atoms with Crippen LogP contribution in [0.25, 0.3) is 0 Å². The first kappa shape index (κ1) is 18.6. The van der Waals surface area contributed by atoms with Crippen molar-refractivity contribution in [2.24, 2.45) is 0 Å². The summed E-state index contributed by atoms with van der Waals surface area (Å²) in [5.41, 5.74) is 0.619. The molecule has 0 aliphatic rings. The summed E-state index contributed by atoms with van der Waals surface area (Å²) in [7, 11) is 3.74. The van der Waals surface area contributed by atoms with Crippen molar-refractivity contribution < 1.29 is 14.4 Å². The lowest BCUT2D eigenvalue weighted by atomic mass is 10.1. The van der Waals surface area contributed by atoms with Crippen LogP contribution in [0.2, 0.25) is 0 Å². The summed E-state index contributed by atoms with van der Waals surface area (Å²) < 4.78 is 0. The number of para-hydroxylation sites is 1. The van der Waals surface area contributed by atoms with Gasteiger partial charge in [-0.15, -0.1) is 0 Å². The van der Waals surface area contributed by atoms with Crippen LogP contribution in [0.4, 0.5) is 5.69 Å². The third kappa shape index (κ3) is 6.48. The van der Waals surface area contributed by atoms with Crippen LogP contribution >= 0.6 is 0 Å². The number of nitrogens with one attached hydrogen (secondary N) is 3. The van der Waals surface area contributed by atoms with Crippen LogP contribution in [0.3, 0.4) is 0 Å². The van der Waals surface area contributed by atoms with Gasteiger partial charge in [-0.3, -0.25) is 14.4 Å². The molecule has 126 valence electrons. The van der Waals surface area contributed by atoms with Crippen molar-refractivity contribution in [2.45, 2.75) is 19.9 Å². The molecule has 3 amide bonds. The zero-order valence-electron chi connectivity index (χ0n) is 14.0. The Labute approximate surface area is 136 Å². The fourth-order valence-corrected chi connectivity index (χ4v) is 1.78. The van der Waals surface area contributed by atoms with Crippen LogP contribution in [0.1, 0.15) is 24.2 Å². The third-order valence-corrected chi connectivity index (χ3v) is 2.89. The SMILES string of the molecule is CC(C)NC(=O)c1ccccc1NC(=O)C(=O)NCCN(C)C. The molecule has 0 fully saturated rings. The molecule has 0 aromatic heterocycles. The molecule has 0 spiro atoms. The Balaban J connectivity index is 2.71. The molecule has 0 heterocycles. The average Bonchev–Trinajstić information content (AvgIpc) is 2.46. The lowest BCUT2D eigenvalue weighted by Gasteiger charge is -2.13. The van der Waals surface area contributed by atoms with Gasteiger partial charge in [-0.05, 0) is 40.1 Å². The molecule has 7 heteroatoms. The molecule has 0 saturated heterocycles. The van der Waals surface area contributed by atoms with E-state index < -0.39 is 11.8 Å². The normalized spacial score (nSPS) is 10.5. The van der Waals surface area contributed by atoms with E-state index >= 15 is 0 Å². The molecule has 0 aliphatic heterocycles. The van der Waals surface area contributed by atoms with E-state index in [0.717, 1.165) is 0 Å². The first-order valence-electron chi connectivity index (χ1n) is 7.45. The van der Waals surface area contributed by atoms with Gasteiger partial charge in [0.1, 0.15) is 0 Å². The number of nitrogens with zero attached hydrogens (tertiary/aromatic N) is 1. The fraction of sp³-hybridized carbons (Fsp3) is 0.438. The van der Waals surface area contributed by atoms with Gasteiger partial charge >= 0.3 is 11.8 Å². The van der Waals surface area contributed by atoms with Crippen molar-refractivity contribution in [3.05, 3.63) is 29.8 Å². The quantitative estimate of drug-likeness (QED) is 0.664. The van der Waals surface area contributed by atoms with Crippen molar-refractivity contribution in [1.29, 1.82) is 0 Å². The highest BCUT2D eigenvalue weighted by atomic mass is 16.2. The van der Waals surface area contributed by atoms with Crippen molar-refractivity contribution in [2.75, 3.05) is 32.5 Å². The number of amides is 3. The molecule has 0 atom stereocenters. The lowest BCUT2D eigenvalue weighted by molar-refractivity contribution is -0.136. The topological polar surface area (TPSA) is 90.5 Å². The van der Waals surface area contributed by atoms with E-state index in [0.29, 0.717) is 24.3 Å². The van der Waals surface area contributed by atoms with Crippen LogP contribution < -0.4 is 16.0 Å². The molecule has 1 aromatic carbocycles. The Morgan fingerprint density at radius 2 is 1.74 bits per heavy atom. The Morgan fingerprint density at radius 1 is 1.09 bits per heavy atom. The van der Waals surface area contributed by atoms with E-state index in [1.807, 2.05) is 32.8 Å². The van der Waals surface area contributed by atoms with Crippen LogP contribution in [0.15, 0.2) is 24.3 Å². The average molecular weight is 320 g/mol. The number of carbonyl (C=O) groups is 3. The Kier molecular flexibility index (Phi) is 7.21. The monoisotopic (exact) mass is 320 g/mol. The summed E-state index contributed by atoms with van der Waals surface area (Å²) in [5, 5.41) is 7.75. The summed E-state index contributed by atoms with van der Waals surface area (Å²) in [6, 6.07) is 6.53. The molecule has 0 aliphatic carbocycles. The van der Waals surface area contributed by atoms with Gasteiger partial charge < -0.3 is 20.9 Å². The number of hydrogen-bond donors (Lipinski definition) is 3. The van der Waals surface area contributed by atoms with Crippen molar-refractivity contribution in [3.63, 3.8) is 0 Å². The fourth-order valence-electron chi connectivity index (χ4n) is 1.78. The molecular weight excluding hydrogens is 296 g/mol. The maximum atomic E-state index is 12.1. The summed E-state index contributed by atoms with van der Waals surface area (Å²) >= 11 is 0. The largest absolute Gasteiger partial charge is 0.350 e. The molecule has 1 aromatic rings. The Bertz CT molecular complexity index is 570. The van der Waals surface area contributed by atoms with Gasteiger partial charge in [0.25, 0.3) is 5.91 Å². The van der Waals surface area contributed by atoms with Crippen LogP contribution in [0, 0.1) is 0 Å². The maximum Gasteiger partial charge on any atom is 0.313 e. The third-order valence-electron chi connectivity index (χ3n) is 2.89. The van der Waals surface area contributed by atoms with Gasteiger partial charge in [-0.25, -0.2) is 0 Å². The van der Waals surface area contributed by atoms with Gasteiger partial charge in [0.15, 0.2) is 0 Å². The summed E-state index contributed by atoms with van der Waals surface area (Å²) in [5.74, 6) is -1.83. The molecule has 1 rings (SSSR count). The molecule has 0 saturated carbocycles. The standard InChI is InChI=1S/C16H24N4O3/c1-11(2)18-14(21)12-7-5-6-8-13(12)19-16(23)15(22)17-9-10-20(3)4/h5-8,11H,9-10H2,1-4H3,(H,17,22)(H,18,21)(H,19,23). The molecule has 0 unspecified atom stereocenters. The summed E-state index contributed by atoms with van der Waals surface area (Å²) in [4.78, 5) is 37.7. The van der Waals surface area contributed by atoms with Gasteiger partial charge in [0.05, 0.1) is 11.3 Å². The van der Waals surface area contributed by atoms with Crippen LogP contribution in [0.5, 0.6) is 0 Å². The number of hydrogen-bond acceptors (Lipinski definition) is 4. The second-order valence-electron chi connectivity index (χ2n) is 5.69. The zero-order valence-corrected chi connectivity index (χ0v) is 14.0. The van der Waals surface area contributed by atoms with E-state index in [4.69, 9.17) is 0 Å². The first-order valence-corrected chi connectivity index (χ1v) is 7.45. The number of anilines is 1. The zero-order chi connectivity index (χ0) is 17.4. The summed E-state index contributed by atoms with van der Waals surface area (Å²) in [6.45, 7) is 4.69. The molecular formula is C16H24N4O3. The number of rotatable bonds is 6. The minimum absolute atomic E-state index is 0.0272. The first-order chi connectivity index (χ1) is 10.8. The van der Waals surface area contributed by atoms with Crippen LogP contribution in [-0.4, -0.2) is 55.8 Å². The maximum absolute atomic E-state index is 12.1. The number of carbonyl (C=O) groups excluding carboxylic acids is 3. The molecule has 3 N–H and O–H groups in total. The Morgan fingerprint density at radius 3 is 2.35 bits per heavy atom. The van der Waals surface area contributed by atoms with E-state index in [2.05, 4.69) is 16.0 Å². The molecule has 0 bridgehead atoms. The molecule has 7 nitrogen and oxygen atoms in total. The molecule has 23 heavy (non-hydrogen) atoms. The van der Waals surface area contributed by atoms with Crippen LogP contribution in [-0.2, 0) is 9.59 Å². The van der Waals surface area contributed by atoms with Gasteiger partial charge in [-0.1, -0.05) is 12.1 Å². The Hall–Kier alpha value is -2.41. The smallest absolute Gasteiger partial charge is 0.313 e. The number of benzene rings is 1. The molecule has 0 radical (unpaired) electrons. The predicted octanol–water partition coefficient (Wildman–Crippen LogP) is 0.441. The van der Waals surface area contributed by atoms with E-state index in [1.54, 1.807) is 24.3 Å². The number of likely N-dealkylation sites (N-methyl/N-ethyl adjacent to an activating group) is 1. The van der Waals surface area contributed by atoms with Gasteiger partial charge in [0.2, 0.25) is 0 Å². The van der Waals surface area contributed by atoms with E-state index in [1.165, 1.54) is 0 Å². The van der Waals surface area contributed by atoms with Gasteiger partial charge in [-0.2, -0.15) is 0 Å². The predicted molar refractivity (Wildman–Crippen MR) is 89.2 cm³/mol. The van der Waals surface area contributed by atoms with Gasteiger partial charge in [0, 0.05) is 19.1 Å². The highest BCUT2D eigenvalue weighted by Gasteiger charge is 2.17. The minimum Gasteiger partial charge on any atom is -0.350 e. The lowest BCUT2D eigenvalue weighted by Crippen LogP contribution is -2.39. The highest BCUT2D eigenvalue weighted by Crippen LogP contribution is 2.15. The summed E-state index contributed by atoms with van der Waals surface area (Å²) in [6.07, 6.45) is 0. The van der Waals surface area contributed by atoms with Crippen molar-refractivity contribution in [3.8, 4) is 0 Å².